The molecule has 3 rings (SSSR count). The maximum Gasteiger partial charge on any atom is -0.00991 e. The van der Waals surface area contributed by atoms with E-state index in [9.17, 15) is 0 Å². The number of hydrogen-bond acceptors (Lipinski definition) is 0. The summed E-state index contributed by atoms with van der Waals surface area (Å²) in [5.41, 5.74) is 2.49. The van der Waals surface area contributed by atoms with Gasteiger partial charge in [-0.2, -0.15) is 0 Å². The molecule has 0 heterocycles. The van der Waals surface area contributed by atoms with E-state index in [1.165, 1.54) is 32.7 Å². The van der Waals surface area contributed by atoms with Crippen molar-refractivity contribution in [1.29, 1.82) is 0 Å². The standard InChI is InChI=1S/C21H18/c1-3-5-10-16(4-2)21-15-17-11-6-7-12-18(17)19-13-8-9-14-20(19)21/h3-15H,1H2,2H3/b10-5-,16-4+. The highest BCUT2D eigenvalue weighted by Crippen LogP contribution is 2.32. The molecule has 0 saturated heterocycles. The van der Waals surface area contributed by atoms with Crippen molar-refractivity contribution in [2.45, 2.75) is 6.92 Å². The van der Waals surface area contributed by atoms with E-state index in [-0.39, 0.29) is 0 Å². The summed E-state index contributed by atoms with van der Waals surface area (Å²) in [5, 5.41) is 5.17. The summed E-state index contributed by atoms with van der Waals surface area (Å²) in [6.07, 6.45) is 8.06. The van der Waals surface area contributed by atoms with Crippen LogP contribution in [0.15, 0.2) is 85.5 Å². The molecule has 0 atom stereocenters. The fourth-order valence-electron chi connectivity index (χ4n) is 2.81. The van der Waals surface area contributed by atoms with Gasteiger partial charge in [-0.05, 0) is 45.7 Å². The number of benzene rings is 3. The second-order valence-corrected chi connectivity index (χ2v) is 5.03. The van der Waals surface area contributed by atoms with Gasteiger partial charge in [0, 0.05) is 0 Å². The second-order valence-electron chi connectivity index (χ2n) is 5.03. The lowest BCUT2D eigenvalue weighted by Gasteiger charge is -2.11. The third-order valence-electron chi connectivity index (χ3n) is 3.80. The summed E-state index contributed by atoms with van der Waals surface area (Å²) < 4.78 is 0. The molecule has 0 aliphatic heterocycles. The van der Waals surface area contributed by atoms with Crippen LogP contribution in [0.1, 0.15) is 12.5 Å². The predicted molar refractivity (Wildman–Crippen MR) is 94.4 cm³/mol. The van der Waals surface area contributed by atoms with E-state index in [1.54, 1.807) is 0 Å². The Morgan fingerprint density at radius 1 is 0.905 bits per heavy atom. The normalized spacial score (nSPS) is 12.3. The molecule has 3 aromatic rings. The molecule has 0 aliphatic rings. The highest BCUT2D eigenvalue weighted by molar-refractivity contribution is 6.12. The zero-order chi connectivity index (χ0) is 14.7. The van der Waals surface area contributed by atoms with Gasteiger partial charge in [-0.15, -0.1) is 0 Å². The fourth-order valence-corrected chi connectivity index (χ4v) is 2.81. The molecule has 0 aromatic heterocycles. The van der Waals surface area contributed by atoms with Crippen LogP contribution in [0.2, 0.25) is 0 Å². The number of allylic oxidation sites excluding steroid dienone is 5. The minimum absolute atomic E-state index is 1.22. The molecular formula is C21H18. The lowest BCUT2D eigenvalue weighted by atomic mass is 9.93. The molecule has 0 radical (unpaired) electrons. The van der Waals surface area contributed by atoms with Gasteiger partial charge < -0.3 is 0 Å². The smallest absolute Gasteiger partial charge is 0.00991 e. The quantitative estimate of drug-likeness (QED) is 0.396. The van der Waals surface area contributed by atoms with Gasteiger partial charge in [0.05, 0.1) is 0 Å². The lowest BCUT2D eigenvalue weighted by molar-refractivity contribution is 1.66. The first-order valence-corrected chi connectivity index (χ1v) is 7.21. The molecule has 0 bridgehead atoms. The van der Waals surface area contributed by atoms with Gasteiger partial charge in [-0.3, -0.25) is 0 Å². The van der Waals surface area contributed by atoms with Crippen molar-refractivity contribution in [3.05, 3.63) is 91.0 Å². The van der Waals surface area contributed by atoms with Gasteiger partial charge in [-0.1, -0.05) is 79.4 Å². The summed E-state index contributed by atoms with van der Waals surface area (Å²) in [6.45, 7) is 5.83. The first-order chi connectivity index (χ1) is 10.3. The van der Waals surface area contributed by atoms with Gasteiger partial charge in [0.1, 0.15) is 0 Å². The van der Waals surface area contributed by atoms with Crippen molar-refractivity contribution in [1.82, 2.24) is 0 Å². The minimum atomic E-state index is 1.22. The zero-order valence-corrected chi connectivity index (χ0v) is 12.2. The van der Waals surface area contributed by atoms with Crippen molar-refractivity contribution in [3.63, 3.8) is 0 Å². The molecule has 0 spiro atoms. The van der Waals surface area contributed by atoms with E-state index in [0.29, 0.717) is 0 Å². The van der Waals surface area contributed by atoms with Crippen molar-refractivity contribution in [3.8, 4) is 0 Å². The molecule has 0 nitrogen and oxygen atoms in total. The summed E-state index contributed by atoms with van der Waals surface area (Å²) in [4.78, 5) is 0. The molecule has 0 heteroatoms. The molecule has 21 heavy (non-hydrogen) atoms. The van der Waals surface area contributed by atoms with Crippen molar-refractivity contribution >= 4 is 27.1 Å². The molecule has 0 amide bonds. The van der Waals surface area contributed by atoms with Crippen molar-refractivity contribution in [2.75, 3.05) is 0 Å². The lowest BCUT2D eigenvalue weighted by Crippen LogP contribution is -1.87. The predicted octanol–water partition coefficient (Wildman–Crippen LogP) is 6.14. The number of hydrogen-bond donors (Lipinski definition) is 0. The molecule has 0 unspecified atom stereocenters. The van der Waals surface area contributed by atoms with Crippen LogP contribution >= 0.6 is 0 Å². The van der Waals surface area contributed by atoms with E-state index in [2.05, 4.69) is 80.3 Å². The Morgan fingerprint density at radius 3 is 2.29 bits per heavy atom. The van der Waals surface area contributed by atoms with E-state index in [1.807, 2.05) is 12.2 Å². The van der Waals surface area contributed by atoms with Crippen LogP contribution in [-0.2, 0) is 0 Å². The highest BCUT2D eigenvalue weighted by Gasteiger charge is 2.07. The molecule has 0 aliphatic carbocycles. The van der Waals surface area contributed by atoms with Crippen molar-refractivity contribution < 1.29 is 0 Å². The Balaban J connectivity index is 2.40. The van der Waals surface area contributed by atoms with Crippen LogP contribution in [0, 0.1) is 0 Å². The summed E-state index contributed by atoms with van der Waals surface area (Å²) in [6, 6.07) is 19.4. The highest BCUT2D eigenvalue weighted by atomic mass is 14.1. The molecule has 0 saturated carbocycles. The van der Waals surface area contributed by atoms with Crippen LogP contribution in [0.4, 0.5) is 0 Å². The first kappa shape index (κ1) is 13.4. The monoisotopic (exact) mass is 270 g/mol. The average molecular weight is 270 g/mol. The topological polar surface area (TPSA) is 0 Å². The Bertz CT molecular complexity index is 863. The zero-order valence-electron chi connectivity index (χ0n) is 12.2. The van der Waals surface area contributed by atoms with Gasteiger partial charge >= 0.3 is 0 Å². The molecular weight excluding hydrogens is 252 g/mol. The van der Waals surface area contributed by atoms with Crippen LogP contribution in [0.3, 0.4) is 0 Å². The minimum Gasteiger partial charge on any atom is -0.0991 e. The largest absolute Gasteiger partial charge is 0.0991 e. The van der Waals surface area contributed by atoms with Gasteiger partial charge in [0.15, 0.2) is 0 Å². The van der Waals surface area contributed by atoms with E-state index >= 15 is 0 Å². The van der Waals surface area contributed by atoms with E-state index in [4.69, 9.17) is 0 Å². The summed E-state index contributed by atoms with van der Waals surface area (Å²) >= 11 is 0. The summed E-state index contributed by atoms with van der Waals surface area (Å²) in [5.74, 6) is 0. The van der Waals surface area contributed by atoms with Crippen molar-refractivity contribution in [2.24, 2.45) is 0 Å². The SMILES string of the molecule is C=C/C=C\C(=C/C)c1cc2ccccc2c2ccccc12. The van der Waals surface area contributed by atoms with Crippen LogP contribution in [0.25, 0.3) is 27.1 Å². The third-order valence-corrected chi connectivity index (χ3v) is 3.80. The maximum absolute atomic E-state index is 3.76. The maximum atomic E-state index is 3.76. The van der Waals surface area contributed by atoms with Gasteiger partial charge in [0.25, 0.3) is 0 Å². The molecule has 3 aromatic carbocycles. The number of rotatable bonds is 3. The number of fused-ring (bicyclic) bond motifs is 3. The summed E-state index contributed by atoms with van der Waals surface area (Å²) in [7, 11) is 0. The van der Waals surface area contributed by atoms with Crippen LogP contribution < -0.4 is 0 Å². The molecule has 0 N–H and O–H groups in total. The first-order valence-electron chi connectivity index (χ1n) is 7.21. The second kappa shape index (κ2) is 5.80. The van der Waals surface area contributed by atoms with Crippen LogP contribution in [0.5, 0.6) is 0 Å². The van der Waals surface area contributed by atoms with Gasteiger partial charge in [-0.25, -0.2) is 0 Å². The molecule has 0 fully saturated rings. The Hall–Kier alpha value is -2.60. The Kier molecular flexibility index (Phi) is 3.70. The average Bonchev–Trinajstić information content (AvgIpc) is 2.55. The Morgan fingerprint density at radius 2 is 1.57 bits per heavy atom. The Labute approximate surface area is 125 Å². The van der Waals surface area contributed by atoms with Gasteiger partial charge in [0.2, 0.25) is 0 Å². The third kappa shape index (κ3) is 2.41. The van der Waals surface area contributed by atoms with Crippen LogP contribution in [-0.4, -0.2) is 0 Å². The fraction of sp³-hybridized carbons (Fsp3) is 0.0476. The molecule has 102 valence electrons. The van der Waals surface area contributed by atoms with E-state index < -0.39 is 0 Å². The van der Waals surface area contributed by atoms with E-state index in [0.717, 1.165) is 0 Å².